The van der Waals surface area contributed by atoms with Crippen molar-refractivity contribution in [2.45, 2.75) is 372 Å². The lowest BCUT2D eigenvalue weighted by Crippen LogP contribution is -2.71. The summed E-state index contributed by atoms with van der Waals surface area (Å²) in [6, 6.07) is -7.87. The maximum absolute atomic E-state index is 13.3. The molecule has 11 rings (SSSR count). The minimum Gasteiger partial charge on any atom is -0.394 e. The summed E-state index contributed by atoms with van der Waals surface area (Å²) in [5, 5.41) is 345. The van der Waals surface area contributed by atoms with Crippen molar-refractivity contribution in [1.29, 1.82) is 0 Å². The van der Waals surface area contributed by atoms with Gasteiger partial charge in [0, 0.05) is 27.7 Å². The van der Waals surface area contributed by atoms with Crippen LogP contribution in [0, 0.1) is 0 Å². The SMILES string of the molecule is CC(=O)N[C@@H]1[C@H](O[C@@H]2[C@@H](O[C@@H]3[C@H](O)[C@H](O[C@H]4[C@H](O)[C@@H](NC(C)=O)[C@H](O[C@H]5[C@H](O)[C@@H](NC(C)=O)[C@H](O)O[C@@H]5CO[C@@H]5O[C@@H](C)[C@@H](O)[C@@H](O)[C@@H]5O)O[C@@H]4CO)O[C@H](CO[C@H]4O[C@H](CO)[C@@H](O)[C@H](O)[C@@H]4O[C@@H]4O[C@H](CO)[C@@H](O[C@@H]5O[C@H](CO)[C@H](O)[C@H](O)[C@H]5O)[C@H](O)[C@H]4NC(C)=O)[C@H]3O)O[C@H](CO)[C@@H](O)[C@@H]2O)O[C@H](CO)[C@@H](O[C@@H]2O[C@H](CO)[C@H](O)[C@H](O[C@H]3O[C@H](CO)[C@H](O)[C@H](O)[C@H]3O)[C@H]2O)[C@@H]1O. The number of amides is 4. The third-order valence-corrected chi connectivity index (χ3v) is 24.5. The predicted molar refractivity (Wildman–Crippen MR) is 407 cm³/mol. The van der Waals surface area contributed by atoms with Gasteiger partial charge in [0.1, 0.15) is 262 Å². The van der Waals surface area contributed by atoms with Gasteiger partial charge in [0.05, 0.1) is 72.2 Å². The smallest absolute Gasteiger partial charge is 0.217 e. The van der Waals surface area contributed by atoms with Gasteiger partial charge < -0.3 is 274 Å². The third kappa shape index (κ3) is 24.1. The maximum Gasteiger partial charge on any atom is 0.217 e. The normalized spacial score (nSPS) is 50.1. The summed E-state index contributed by atoms with van der Waals surface area (Å²) in [6.07, 6.45) is -107. The first kappa shape index (κ1) is 109. The number of ether oxygens (including phenoxy) is 21. The van der Waals surface area contributed by atoms with Crippen LogP contribution in [0.5, 0.6) is 0 Å². The monoisotopic (exact) mass is 1950 g/mol. The van der Waals surface area contributed by atoms with E-state index in [0.29, 0.717) is 0 Å². The fourth-order valence-electron chi connectivity index (χ4n) is 17.3. The molecule has 0 radical (unpaired) electrons. The van der Waals surface area contributed by atoms with Crippen LogP contribution >= 0.6 is 0 Å². The number of aliphatic hydroxyl groups excluding tert-OH is 30. The van der Waals surface area contributed by atoms with E-state index < -0.39 is 427 Å². The van der Waals surface area contributed by atoms with Gasteiger partial charge in [0.2, 0.25) is 23.6 Å². The molecule has 11 aliphatic rings. The molecule has 0 saturated carbocycles. The first-order chi connectivity index (χ1) is 62.9. The molecule has 59 heteroatoms. The molecule has 0 spiro atoms. The second-order valence-corrected chi connectivity index (χ2v) is 33.8. The van der Waals surface area contributed by atoms with Crippen molar-refractivity contribution in [3.63, 3.8) is 0 Å². The van der Waals surface area contributed by atoms with E-state index in [-0.39, 0.29) is 0 Å². The largest absolute Gasteiger partial charge is 0.394 e. The molecule has 0 aromatic heterocycles. The fourth-order valence-corrected chi connectivity index (χ4v) is 17.3. The number of carbonyl (C=O) groups excluding carboxylic acids is 4. The van der Waals surface area contributed by atoms with E-state index in [4.69, 9.17) is 99.5 Å². The second kappa shape index (κ2) is 47.6. The molecular formula is C74H124N4O55. The Morgan fingerprint density at radius 1 is 0.211 bits per heavy atom. The lowest BCUT2D eigenvalue weighted by Gasteiger charge is -2.51. The molecule has 0 aromatic rings. The number of rotatable bonds is 34. The van der Waals surface area contributed by atoms with E-state index in [1.165, 1.54) is 6.92 Å². The van der Waals surface area contributed by atoms with Crippen LogP contribution in [0.4, 0.5) is 0 Å². The molecule has 0 unspecified atom stereocenters. The summed E-state index contributed by atoms with van der Waals surface area (Å²) in [6.45, 7) is -6.29. The van der Waals surface area contributed by atoms with Gasteiger partial charge in [-0.25, -0.2) is 0 Å². The summed E-state index contributed by atoms with van der Waals surface area (Å²) in [7, 11) is 0. The van der Waals surface area contributed by atoms with Crippen LogP contribution in [-0.2, 0) is 119 Å². The van der Waals surface area contributed by atoms with Gasteiger partial charge in [-0.1, -0.05) is 0 Å². The molecule has 11 aliphatic heterocycles. The van der Waals surface area contributed by atoms with Gasteiger partial charge in [0.25, 0.3) is 0 Å². The molecular weight excluding hydrogens is 1820 g/mol. The Balaban J connectivity index is 0.915. The zero-order valence-electron chi connectivity index (χ0n) is 71.4. The van der Waals surface area contributed by atoms with Crippen molar-refractivity contribution in [1.82, 2.24) is 21.3 Å². The highest BCUT2D eigenvalue weighted by atomic mass is 16.8. The van der Waals surface area contributed by atoms with Crippen molar-refractivity contribution in [3.8, 4) is 0 Å². The zero-order chi connectivity index (χ0) is 97.8. The summed E-state index contributed by atoms with van der Waals surface area (Å²) >= 11 is 0. The van der Waals surface area contributed by atoms with Crippen molar-refractivity contribution in [3.05, 3.63) is 0 Å². The van der Waals surface area contributed by atoms with Gasteiger partial charge in [-0.15, -0.1) is 0 Å². The van der Waals surface area contributed by atoms with Gasteiger partial charge >= 0.3 is 0 Å². The van der Waals surface area contributed by atoms with Crippen LogP contribution in [-0.4, -0.2) is 580 Å². The molecule has 11 saturated heterocycles. The van der Waals surface area contributed by atoms with E-state index >= 15 is 0 Å². The molecule has 133 heavy (non-hydrogen) atoms. The van der Waals surface area contributed by atoms with Crippen molar-refractivity contribution in [2.24, 2.45) is 0 Å². The maximum atomic E-state index is 13.3. The average Bonchev–Trinajstić information content (AvgIpc) is 0.801. The van der Waals surface area contributed by atoms with Crippen molar-refractivity contribution < 1.29 is 272 Å². The van der Waals surface area contributed by atoms with Gasteiger partial charge in [-0.05, 0) is 6.92 Å². The summed E-state index contributed by atoms with van der Waals surface area (Å²) < 4.78 is 125. The Hall–Kier alpha value is -4.16. The topological polar surface area (TPSA) is 917 Å². The molecule has 4 amide bonds. The molecule has 59 nitrogen and oxygen atoms in total. The number of carbonyl (C=O) groups is 4. The number of hydrogen-bond acceptors (Lipinski definition) is 55. The molecule has 55 atom stereocenters. The first-order valence-electron chi connectivity index (χ1n) is 42.5. The molecule has 34 N–H and O–H groups in total. The van der Waals surface area contributed by atoms with Crippen LogP contribution < -0.4 is 21.3 Å². The lowest BCUT2D eigenvalue weighted by atomic mass is 9.93. The van der Waals surface area contributed by atoms with E-state index in [2.05, 4.69) is 21.3 Å². The quantitative estimate of drug-likeness (QED) is 0.0284. The molecule has 0 aliphatic carbocycles. The number of nitrogens with one attached hydrogen (secondary N) is 4. The summed E-state index contributed by atoms with van der Waals surface area (Å²) in [4.78, 5) is 52.1. The Morgan fingerprint density at radius 3 is 0.842 bits per heavy atom. The summed E-state index contributed by atoms with van der Waals surface area (Å²) in [5.74, 6) is -3.87. The number of hydrogen-bond donors (Lipinski definition) is 34. The average molecular weight is 1950 g/mol. The van der Waals surface area contributed by atoms with Gasteiger partial charge in [-0.2, -0.15) is 0 Å². The lowest BCUT2D eigenvalue weighted by molar-refractivity contribution is -0.400. The highest BCUT2D eigenvalue weighted by molar-refractivity contribution is 5.74. The molecule has 770 valence electrons. The fraction of sp³-hybridized carbons (Fsp3) is 0.946. The van der Waals surface area contributed by atoms with Crippen LogP contribution in [0.1, 0.15) is 34.6 Å². The van der Waals surface area contributed by atoms with Gasteiger partial charge in [0.15, 0.2) is 69.2 Å². The highest BCUT2D eigenvalue weighted by Gasteiger charge is 2.63. The summed E-state index contributed by atoms with van der Waals surface area (Å²) in [5.41, 5.74) is 0. The van der Waals surface area contributed by atoms with E-state index in [1.807, 2.05) is 0 Å². The Labute approximate surface area is 752 Å². The second-order valence-electron chi connectivity index (χ2n) is 33.8. The Bertz CT molecular complexity index is 3630. The predicted octanol–water partition coefficient (Wildman–Crippen LogP) is -23.4. The molecule has 0 bridgehead atoms. The Morgan fingerprint density at radius 2 is 0.459 bits per heavy atom. The highest BCUT2D eigenvalue weighted by Crippen LogP contribution is 2.42. The van der Waals surface area contributed by atoms with Crippen LogP contribution in [0.25, 0.3) is 0 Å². The Kier molecular flexibility index (Phi) is 39.1. The van der Waals surface area contributed by atoms with Crippen LogP contribution in [0.2, 0.25) is 0 Å². The van der Waals surface area contributed by atoms with E-state index in [0.717, 1.165) is 27.7 Å². The number of aliphatic hydroxyl groups is 30. The first-order valence-corrected chi connectivity index (χ1v) is 42.5. The zero-order valence-corrected chi connectivity index (χ0v) is 71.4. The van der Waals surface area contributed by atoms with Gasteiger partial charge in [-0.3, -0.25) is 19.2 Å². The molecule has 11 fully saturated rings. The molecule has 0 aromatic carbocycles. The minimum atomic E-state index is -2.67. The van der Waals surface area contributed by atoms with E-state index in [9.17, 15) is 172 Å². The van der Waals surface area contributed by atoms with Crippen LogP contribution in [0.15, 0.2) is 0 Å². The van der Waals surface area contributed by atoms with Crippen LogP contribution in [0.3, 0.4) is 0 Å². The molecule has 11 heterocycles. The van der Waals surface area contributed by atoms with Crippen molar-refractivity contribution >= 4 is 23.6 Å². The van der Waals surface area contributed by atoms with E-state index in [1.54, 1.807) is 0 Å². The standard InChI is InChI=1S/C74H124N4O55/c1-16-35(91)46(102)51(107)68(115-16)113-15-30-59(42(98)31(64(112)116-30)75-17(2)87)126-65-32(76-18(3)88)43(99)58(27(12-85)122-65)129-72-55(111)61(41(97)29(125-72)14-114-73-62(49(105)38(94)23(8-81)120-73)132-66-33(77-19(4)89)44(100)56(26(11-84)123-66)127-69-52(108)47(103)36(92)21(6-79)117-69)131-74-63(50(106)39(95)24(9-82)121-74)133-67-34(78-20(5)90)45(101)57(28(13-86)124-67)128-71-54(110)60(40(96)25(10-83)119-71)130-70-53(109)48(104)37(93)22(7-80)118-70/h16,21-74,79-86,91-112H,6-15H2,1-5H3,(H,75,87)(H,76,88)(H,77,89)(H,78,90)/t16-,21+,22+,23+,24+,25+,26+,27+,28+,29+,30+,31+,32+,33+,34-,35+,36-,37-,38+,39+,40-,41+,42+,43+,44+,45+,46+,47-,48-,49-,50-,51-,52+,53+,54+,55-,56+,57+,58+,59+,60-,61-,62-,63-,64+,65-,66-,67-,68+,69-,70+,71-,72-,73-,74+/m0/s1. The minimum absolute atomic E-state index is 0.860. The van der Waals surface area contributed by atoms with Crippen molar-refractivity contribution in [2.75, 3.05) is 66.1 Å². The third-order valence-electron chi connectivity index (χ3n) is 24.5.